The van der Waals surface area contributed by atoms with E-state index in [0.717, 1.165) is 11.5 Å². The highest BCUT2D eigenvalue weighted by molar-refractivity contribution is 7.07. The number of hydrogen-bond acceptors (Lipinski definition) is 6. The Hall–Kier alpha value is -2.14. The van der Waals surface area contributed by atoms with Gasteiger partial charge in [-0.1, -0.05) is 4.49 Å². The maximum absolute atomic E-state index is 9.25. The van der Waals surface area contributed by atoms with Gasteiger partial charge in [0.1, 0.15) is 28.0 Å². The zero-order valence-electron chi connectivity index (χ0n) is 9.78. The van der Waals surface area contributed by atoms with Crippen LogP contribution in [0.15, 0.2) is 12.3 Å². The van der Waals surface area contributed by atoms with E-state index in [1.165, 1.54) is 0 Å². The molecule has 0 spiro atoms. The number of nitrogens with zero attached hydrogens (tertiary/aromatic N) is 5. The van der Waals surface area contributed by atoms with E-state index in [1.54, 1.807) is 30.9 Å². The van der Waals surface area contributed by atoms with Crippen LogP contribution in [0.4, 0.5) is 0 Å². The number of nitriles is 1. The number of rotatable bonds is 3. The summed E-state index contributed by atoms with van der Waals surface area (Å²) in [5.74, 6) is 0.240. The molecular formula is C10H8BN5OS. The van der Waals surface area contributed by atoms with Crippen LogP contribution >= 0.6 is 11.5 Å². The van der Waals surface area contributed by atoms with Crippen molar-refractivity contribution in [3.8, 4) is 6.07 Å². The molecule has 0 aromatic carbocycles. The summed E-state index contributed by atoms with van der Waals surface area (Å²) < 4.78 is 10.2. The third kappa shape index (κ3) is 2.12. The summed E-state index contributed by atoms with van der Waals surface area (Å²) in [6.07, 6.45) is 1.73. The Morgan fingerprint density at radius 3 is 2.83 bits per heavy atom. The van der Waals surface area contributed by atoms with E-state index >= 15 is 0 Å². The van der Waals surface area contributed by atoms with Crippen molar-refractivity contribution in [3.63, 3.8) is 0 Å². The lowest BCUT2D eigenvalue weighted by Gasteiger charge is -2.06. The number of aryl methyl sites for hydroxylation is 2. The van der Waals surface area contributed by atoms with Crippen LogP contribution < -0.4 is 0 Å². The summed E-state index contributed by atoms with van der Waals surface area (Å²) in [5, 5.41) is 17.3. The van der Waals surface area contributed by atoms with Crippen molar-refractivity contribution in [3.05, 3.63) is 28.5 Å². The summed E-state index contributed by atoms with van der Waals surface area (Å²) in [4.78, 5) is 0.625. The first-order valence-corrected chi connectivity index (χ1v) is 5.75. The van der Waals surface area contributed by atoms with Crippen LogP contribution in [-0.2, 0) is 11.7 Å². The van der Waals surface area contributed by atoms with Crippen LogP contribution in [0.5, 0.6) is 0 Å². The molecule has 0 aliphatic heterocycles. The molecule has 2 aromatic rings. The summed E-state index contributed by atoms with van der Waals surface area (Å²) in [5.41, 5.74) is 1.41. The van der Waals surface area contributed by atoms with Gasteiger partial charge in [-0.3, -0.25) is 4.68 Å². The van der Waals surface area contributed by atoms with E-state index in [1.807, 2.05) is 6.07 Å². The van der Waals surface area contributed by atoms with Gasteiger partial charge in [-0.25, -0.2) is 0 Å². The maximum Gasteiger partial charge on any atom is 0.374 e. The summed E-state index contributed by atoms with van der Waals surface area (Å²) in [7, 11) is 7.03. The largest absolute Gasteiger partial charge is 0.566 e. The van der Waals surface area contributed by atoms with Crippen LogP contribution in [0, 0.1) is 18.3 Å². The second-order valence-corrected chi connectivity index (χ2v) is 4.25. The van der Waals surface area contributed by atoms with Gasteiger partial charge in [0.2, 0.25) is 0 Å². The molecule has 0 atom stereocenters. The molecule has 0 aliphatic rings. The second-order valence-electron chi connectivity index (χ2n) is 3.50. The second kappa shape index (κ2) is 5.02. The van der Waals surface area contributed by atoms with Crippen molar-refractivity contribution in [1.29, 1.82) is 5.26 Å². The quantitative estimate of drug-likeness (QED) is 0.467. The topological polar surface area (TPSA) is 76.6 Å². The van der Waals surface area contributed by atoms with Crippen molar-refractivity contribution in [2.45, 2.75) is 6.92 Å². The van der Waals surface area contributed by atoms with Crippen molar-refractivity contribution >= 4 is 30.9 Å². The zero-order valence-corrected chi connectivity index (χ0v) is 10.6. The van der Waals surface area contributed by atoms with Crippen LogP contribution in [0.2, 0.25) is 0 Å². The van der Waals surface area contributed by atoms with Gasteiger partial charge in [0.15, 0.2) is 0 Å². The number of hydrogen-bond donors (Lipinski definition) is 0. The zero-order chi connectivity index (χ0) is 13.1. The SMILES string of the molecule is [B]OC(=C(C#N)c1ccn(C)n1)c1snnc1C. The minimum absolute atomic E-state index is 0.240. The Kier molecular flexibility index (Phi) is 3.44. The molecule has 18 heavy (non-hydrogen) atoms. The van der Waals surface area contributed by atoms with Gasteiger partial charge < -0.3 is 4.65 Å². The van der Waals surface area contributed by atoms with Gasteiger partial charge in [-0.2, -0.15) is 10.4 Å². The van der Waals surface area contributed by atoms with Gasteiger partial charge in [-0.15, -0.1) is 5.10 Å². The molecule has 0 amide bonds. The number of allylic oxidation sites excluding steroid dienone is 1. The van der Waals surface area contributed by atoms with Gasteiger partial charge in [0.25, 0.3) is 0 Å². The summed E-state index contributed by atoms with van der Waals surface area (Å²) in [6.45, 7) is 1.77. The lowest BCUT2D eigenvalue weighted by Crippen LogP contribution is -1.96. The highest BCUT2D eigenvalue weighted by Crippen LogP contribution is 2.28. The fourth-order valence-electron chi connectivity index (χ4n) is 1.44. The Bertz CT molecular complexity index is 639. The Morgan fingerprint density at radius 1 is 1.61 bits per heavy atom. The van der Waals surface area contributed by atoms with Gasteiger partial charge in [0, 0.05) is 13.2 Å². The predicted molar refractivity (Wildman–Crippen MR) is 67.1 cm³/mol. The molecule has 2 radical (unpaired) electrons. The monoisotopic (exact) mass is 257 g/mol. The third-order valence-electron chi connectivity index (χ3n) is 2.28. The fourth-order valence-corrected chi connectivity index (χ4v) is 2.09. The van der Waals surface area contributed by atoms with Crippen LogP contribution in [0.3, 0.4) is 0 Å². The molecule has 0 N–H and O–H groups in total. The van der Waals surface area contributed by atoms with Gasteiger partial charge in [-0.05, 0) is 24.5 Å². The standard InChI is InChI=1S/C10H8BN5OS/c1-6-10(18-15-13-6)9(17-11)7(5-12)8-3-4-16(2)14-8/h3-4H,1-2H3. The Morgan fingerprint density at radius 2 is 2.39 bits per heavy atom. The van der Waals surface area contributed by atoms with E-state index in [-0.39, 0.29) is 11.3 Å². The van der Waals surface area contributed by atoms with Crippen molar-refractivity contribution < 1.29 is 4.65 Å². The van der Waals surface area contributed by atoms with Crippen molar-refractivity contribution in [2.75, 3.05) is 0 Å². The third-order valence-corrected chi connectivity index (χ3v) is 3.11. The molecular weight excluding hydrogens is 249 g/mol. The maximum atomic E-state index is 9.25. The van der Waals surface area contributed by atoms with E-state index < -0.39 is 0 Å². The Labute approximate surface area is 109 Å². The molecule has 0 unspecified atom stereocenters. The highest BCUT2D eigenvalue weighted by Gasteiger charge is 2.18. The molecule has 0 saturated heterocycles. The smallest absolute Gasteiger partial charge is 0.374 e. The summed E-state index contributed by atoms with van der Waals surface area (Å²) >= 11 is 1.12. The number of aromatic nitrogens is 4. The van der Waals surface area contributed by atoms with Crippen LogP contribution in [0.1, 0.15) is 16.3 Å². The van der Waals surface area contributed by atoms with Crippen molar-refractivity contribution in [1.82, 2.24) is 19.4 Å². The normalized spacial score (nSPS) is 11.8. The molecule has 2 rings (SSSR count). The molecule has 2 aromatic heterocycles. The van der Waals surface area contributed by atoms with E-state index in [9.17, 15) is 5.26 Å². The lowest BCUT2D eigenvalue weighted by atomic mass is 10.1. The highest BCUT2D eigenvalue weighted by atomic mass is 32.1. The van der Waals surface area contributed by atoms with Crippen LogP contribution in [-0.4, -0.2) is 27.4 Å². The van der Waals surface area contributed by atoms with E-state index in [0.29, 0.717) is 16.3 Å². The molecule has 0 bridgehead atoms. The molecule has 0 fully saturated rings. The molecule has 88 valence electrons. The predicted octanol–water partition coefficient (Wildman–Crippen LogP) is 1.07. The lowest BCUT2D eigenvalue weighted by molar-refractivity contribution is 0.575. The minimum atomic E-state index is 0.240. The Balaban J connectivity index is 2.61. The van der Waals surface area contributed by atoms with E-state index in [2.05, 4.69) is 14.7 Å². The molecule has 8 heteroatoms. The molecule has 0 saturated carbocycles. The first kappa shape index (κ1) is 12.3. The molecule has 2 heterocycles. The fraction of sp³-hybridized carbons (Fsp3) is 0.200. The first-order chi connectivity index (χ1) is 8.67. The van der Waals surface area contributed by atoms with Gasteiger partial charge in [0.05, 0.1) is 5.69 Å². The average Bonchev–Trinajstić information content (AvgIpc) is 2.95. The van der Waals surface area contributed by atoms with E-state index in [4.69, 9.17) is 12.7 Å². The minimum Gasteiger partial charge on any atom is -0.566 e. The summed E-state index contributed by atoms with van der Waals surface area (Å²) in [6, 6.07) is 3.76. The average molecular weight is 257 g/mol. The van der Waals surface area contributed by atoms with Crippen LogP contribution in [0.25, 0.3) is 11.3 Å². The first-order valence-electron chi connectivity index (χ1n) is 4.97. The molecule has 0 aliphatic carbocycles. The molecule has 6 nitrogen and oxygen atoms in total. The van der Waals surface area contributed by atoms with Crippen molar-refractivity contribution in [2.24, 2.45) is 7.05 Å². The van der Waals surface area contributed by atoms with Gasteiger partial charge >= 0.3 is 8.05 Å².